The van der Waals surface area contributed by atoms with E-state index in [0.717, 1.165) is 19.4 Å². The first-order valence-corrected chi connectivity index (χ1v) is 5.29. The number of likely N-dealkylation sites (N-methyl/N-ethyl adjacent to an activating group) is 1. The average molecular weight is 200 g/mol. The summed E-state index contributed by atoms with van der Waals surface area (Å²) in [6.07, 6.45) is 2.65. The Kier molecular flexibility index (Phi) is 4.35. The lowest BCUT2D eigenvalue weighted by molar-refractivity contribution is -0.138. The number of nitrogens with zero attached hydrogens (tertiary/aromatic N) is 1. The number of aliphatic hydroxyl groups is 1. The summed E-state index contributed by atoms with van der Waals surface area (Å²) in [7, 11) is 1.82. The fourth-order valence-electron chi connectivity index (χ4n) is 1.95. The van der Waals surface area contributed by atoms with Gasteiger partial charge in [-0.05, 0) is 33.2 Å². The van der Waals surface area contributed by atoms with Gasteiger partial charge >= 0.3 is 0 Å². The number of rotatable bonds is 4. The second-order valence-electron chi connectivity index (χ2n) is 3.88. The van der Waals surface area contributed by atoms with E-state index in [1.54, 1.807) is 0 Å². The van der Waals surface area contributed by atoms with E-state index in [1.807, 2.05) is 18.9 Å². The molecule has 0 saturated carbocycles. The van der Waals surface area contributed by atoms with E-state index in [2.05, 4.69) is 5.32 Å². The van der Waals surface area contributed by atoms with Gasteiger partial charge in [-0.2, -0.15) is 0 Å². The van der Waals surface area contributed by atoms with Crippen LogP contribution in [0.3, 0.4) is 0 Å². The van der Waals surface area contributed by atoms with Crippen molar-refractivity contribution in [3.8, 4) is 0 Å². The molecule has 82 valence electrons. The van der Waals surface area contributed by atoms with Gasteiger partial charge in [0.2, 0.25) is 5.91 Å². The average Bonchev–Trinajstić information content (AvgIpc) is 2.18. The second kappa shape index (κ2) is 5.32. The van der Waals surface area contributed by atoms with Crippen LogP contribution in [0.4, 0.5) is 0 Å². The summed E-state index contributed by atoms with van der Waals surface area (Å²) >= 11 is 0. The monoisotopic (exact) mass is 200 g/mol. The van der Waals surface area contributed by atoms with Gasteiger partial charge in [0.15, 0.2) is 0 Å². The van der Waals surface area contributed by atoms with Crippen LogP contribution in [0.5, 0.6) is 0 Å². The first-order chi connectivity index (χ1) is 6.70. The van der Waals surface area contributed by atoms with Crippen molar-refractivity contribution in [2.45, 2.75) is 38.3 Å². The Morgan fingerprint density at radius 3 is 3.00 bits per heavy atom. The molecule has 2 atom stereocenters. The maximum absolute atomic E-state index is 11.9. The molecule has 0 aromatic rings. The summed E-state index contributed by atoms with van der Waals surface area (Å²) in [5, 5.41) is 11.9. The molecule has 4 nitrogen and oxygen atoms in total. The molecule has 1 rings (SSSR count). The molecule has 1 aliphatic rings. The molecule has 0 aromatic carbocycles. The number of aliphatic hydroxyl groups excluding tert-OH is 1. The zero-order chi connectivity index (χ0) is 10.6. The lowest BCUT2D eigenvalue weighted by atomic mass is 10.0. The number of nitrogens with one attached hydrogen (secondary N) is 1. The van der Waals surface area contributed by atoms with Crippen LogP contribution in [0.25, 0.3) is 0 Å². The molecule has 0 spiro atoms. The molecule has 0 aromatic heterocycles. The van der Waals surface area contributed by atoms with E-state index < -0.39 is 0 Å². The first kappa shape index (κ1) is 11.5. The van der Waals surface area contributed by atoms with Gasteiger partial charge in [0.1, 0.15) is 0 Å². The molecule has 4 heteroatoms. The van der Waals surface area contributed by atoms with E-state index in [-0.39, 0.29) is 24.6 Å². The summed E-state index contributed by atoms with van der Waals surface area (Å²) in [6.45, 7) is 2.97. The normalized spacial score (nSPS) is 25.2. The van der Waals surface area contributed by atoms with Gasteiger partial charge in [0, 0.05) is 19.2 Å². The predicted octanol–water partition coefficient (Wildman–Crippen LogP) is -0.0323. The van der Waals surface area contributed by atoms with Gasteiger partial charge in [-0.15, -0.1) is 0 Å². The summed E-state index contributed by atoms with van der Waals surface area (Å²) in [5.74, 6) is 0.180. The van der Waals surface area contributed by atoms with E-state index in [4.69, 9.17) is 5.11 Å². The molecular weight excluding hydrogens is 180 g/mol. The highest BCUT2D eigenvalue weighted by molar-refractivity contribution is 5.82. The van der Waals surface area contributed by atoms with Crippen molar-refractivity contribution >= 4 is 5.91 Å². The van der Waals surface area contributed by atoms with Gasteiger partial charge in [0.05, 0.1) is 6.04 Å². The Balaban J connectivity index is 2.55. The fraction of sp³-hybridized carbons (Fsp3) is 0.900. The Bertz CT molecular complexity index is 197. The van der Waals surface area contributed by atoms with E-state index in [9.17, 15) is 4.79 Å². The maximum Gasteiger partial charge on any atom is 0.239 e. The molecule has 1 aliphatic heterocycles. The van der Waals surface area contributed by atoms with Gasteiger partial charge in [-0.3, -0.25) is 4.79 Å². The Labute approximate surface area is 85.3 Å². The number of hydrogen-bond donors (Lipinski definition) is 2. The van der Waals surface area contributed by atoms with Crippen LogP contribution >= 0.6 is 0 Å². The highest BCUT2D eigenvalue weighted by Crippen LogP contribution is 2.15. The second-order valence-corrected chi connectivity index (χ2v) is 3.88. The molecule has 1 fully saturated rings. The minimum absolute atomic E-state index is 0.0232. The third kappa shape index (κ3) is 2.45. The third-order valence-electron chi connectivity index (χ3n) is 2.90. The molecule has 0 bridgehead atoms. The summed E-state index contributed by atoms with van der Waals surface area (Å²) in [5.41, 5.74) is 0. The lowest BCUT2D eigenvalue weighted by Gasteiger charge is -2.36. The highest BCUT2D eigenvalue weighted by Gasteiger charge is 2.29. The molecule has 0 radical (unpaired) electrons. The summed E-state index contributed by atoms with van der Waals surface area (Å²) in [4.78, 5) is 13.7. The van der Waals surface area contributed by atoms with Crippen molar-refractivity contribution in [2.24, 2.45) is 0 Å². The number of hydrogen-bond acceptors (Lipinski definition) is 3. The lowest BCUT2D eigenvalue weighted by Crippen LogP contribution is -2.52. The molecule has 2 unspecified atom stereocenters. The molecule has 1 amide bonds. The minimum Gasteiger partial charge on any atom is -0.396 e. The van der Waals surface area contributed by atoms with Crippen LogP contribution in [0.1, 0.15) is 26.2 Å². The maximum atomic E-state index is 11.9. The topological polar surface area (TPSA) is 52.6 Å². The number of carbonyl (C=O) groups is 1. The van der Waals surface area contributed by atoms with Crippen LogP contribution in [0, 0.1) is 0 Å². The quantitative estimate of drug-likeness (QED) is 0.670. The Morgan fingerprint density at radius 1 is 1.71 bits per heavy atom. The van der Waals surface area contributed by atoms with Crippen LogP contribution < -0.4 is 5.32 Å². The number of carbonyl (C=O) groups excluding carboxylic acids is 1. The molecule has 1 saturated heterocycles. The number of likely N-dealkylation sites (tertiary alicyclic amines) is 1. The van der Waals surface area contributed by atoms with Gasteiger partial charge in [-0.1, -0.05) is 0 Å². The zero-order valence-corrected chi connectivity index (χ0v) is 8.99. The SMILES string of the molecule is CNC1CCCN(C(C)CCO)C1=O. The van der Waals surface area contributed by atoms with E-state index in [1.165, 1.54) is 0 Å². The van der Waals surface area contributed by atoms with E-state index >= 15 is 0 Å². The smallest absolute Gasteiger partial charge is 0.239 e. The van der Waals surface area contributed by atoms with Crippen molar-refractivity contribution in [2.75, 3.05) is 20.2 Å². The Hall–Kier alpha value is -0.610. The van der Waals surface area contributed by atoms with Crippen LogP contribution in [0.15, 0.2) is 0 Å². The largest absolute Gasteiger partial charge is 0.396 e. The zero-order valence-electron chi connectivity index (χ0n) is 8.99. The Morgan fingerprint density at radius 2 is 2.43 bits per heavy atom. The van der Waals surface area contributed by atoms with Crippen molar-refractivity contribution in [3.63, 3.8) is 0 Å². The van der Waals surface area contributed by atoms with Crippen LogP contribution in [-0.4, -0.2) is 48.2 Å². The van der Waals surface area contributed by atoms with Crippen molar-refractivity contribution < 1.29 is 9.90 Å². The molecule has 14 heavy (non-hydrogen) atoms. The van der Waals surface area contributed by atoms with Crippen molar-refractivity contribution in [3.05, 3.63) is 0 Å². The van der Waals surface area contributed by atoms with Crippen molar-refractivity contribution in [1.82, 2.24) is 10.2 Å². The highest BCUT2D eigenvalue weighted by atomic mass is 16.3. The molecule has 0 aliphatic carbocycles. The van der Waals surface area contributed by atoms with Crippen LogP contribution in [0.2, 0.25) is 0 Å². The summed E-state index contributed by atoms with van der Waals surface area (Å²) < 4.78 is 0. The number of amides is 1. The first-order valence-electron chi connectivity index (χ1n) is 5.29. The fourth-order valence-corrected chi connectivity index (χ4v) is 1.95. The minimum atomic E-state index is -0.0232. The van der Waals surface area contributed by atoms with E-state index in [0.29, 0.717) is 6.42 Å². The number of piperidine rings is 1. The molecular formula is C10H20N2O2. The molecule has 1 heterocycles. The third-order valence-corrected chi connectivity index (χ3v) is 2.90. The van der Waals surface area contributed by atoms with Crippen LogP contribution in [-0.2, 0) is 4.79 Å². The molecule has 2 N–H and O–H groups in total. The van der Waals surface area contributed by atoms with Gasteiger partial charge in [0.25, 0.3) is 0 Å². The predicted molar refractivity (Wildman–Crippen MR) is 55.0 cm³/mol. The standard InChI is InChI=1S/C10H20N2O2/c1-8(5-7-13)12-6-3-4-9(11-2)10(12)14/h8-9,11,13H,3-7H2,1-2H3. The van der Waals surface area contributed by atoms with Gasteiger partial charge in [-0.25, -0.2) is 0 Å². The summed E-state index contributed by atoms with van der Waals surface area (Å²) in [6, 6.07) is 0.133. The van der Waals surface area contributed by atoms with Gasteiger partial charge < -0.3 is 15.3 Å². The van der Waals surface area contributed by atoms with Crippen molar-refractivity contribution in [1.29, 1.82) is 0 Å².